The van der Waals surface area contributed by atoms with Gasteiger partial charge in [0.1, 0.15) is 0 Å². The number of aliphatic carboxylic acids is 1. The van der Waals surface area contributed by atoms with Crippen LogP contribution in [0.25, 0.3) is 0 Å². The van der Waals surface area contributed by atoms with Crippen molar-refractivity contribution in [1.82, 2.24) is 10.2 Å². The van der Waals surface area contributed by atoms with Gasteiger partial charge in [-0.15, -0.1) is 0 Å². The first-order valence-electron chi connectivity index (χ1n) is 6.73. The third kappa shape index (κ3) is 6.22. The molecule has 0 saturated carbocycles. The van der Waals surface area contributed by atoms with Crippen molar-refractivity contribution in [2.45, 2.75) is 26.3 Å². The van der Waals surface area contributed by atoms with E-state index < -0.39 is 5.97 Å². The van der Waals surface area contributed by atoms with E-state index in [9.17, 15) is 9.59 Å². The molecular weight excluding hydrogens is 256 g/mol. The Morgan fingerprint density at radius 1 is 1.30 bits per heavy atom. The van der Waals surface area contributed by atoms with Crippen molar-refractivity contribution in [2.75, 3.05) is 13.6 Å². The fourth-order valence-corrected chi connectivity index (χ4v) is 1.80. The molecule has 0 aliphatic carbocycles. The highest BCUT2D eigenvalue weighted by Crippen LogP contribution is 2.05. The molecule has 2 N–H and O–H groups in total. The van der Waals surface area contributed by atoms with Crippen LogP contribution in [0.4, 0.5) is 4.79 Å². The van der Waals surface area contributed by atoms with Crippen molar-refractivity contribution in [2.24, 2.45) is 5.92 Å². The van der Waals surface area contributed by atoms with Crippen LogP contribution in [0.5, 0.6) is 0 Å². The summed E-state index contributed by atoms with van der Waals surface area (Å²) in [6.45, 7) is 2.97. The predicted octanol–water partition coefficient (Wildman–Crippen LogP) is 2.33. The van der Waals surface area contributed by atoms with E-state index in [0.717, 1.165) is 5.56 Å². The van der Waals surface area contributed by atoms with E-state index >= 15 is 0 Å². The number of carbonyl (C=O) groups is 2. The second-order valence-corrected chi connectivity index (χ2v) is 5.07. The number of hydrogen-bond acceptors (Lipinski definition) is 2. The van der Waals surface area contributed by atoms with Crippen LogP contribution in [0.3, 0.4) is 0 Å². The molecule has 0 fully saturated rings. The molecule has 0 aliphatic heterocycles. The van der Waals surface area contributed by atoms with Crippen molar-refractivity contribution in [3.05, 3.63) is 35.9 Å². The molecule has 20 heavy (non-hydrogen) atoms. The van der Waals surface area contributed by atoms with Crippen molar-refractivity contribution in [3.8, 4) is 0 Å². The standard InChI is InChI=1S/C15H22N2O3/c1-12(8-9-14(18)19)10-16-15(20)17(2)11-13-6-4-3-5-7-13/h3-7,12H,8-11H2,1-2H3,(H,16,20)(H,18,19). The first-order valence-corrected chi connectivity index (χ1v) is 6.73. The molecule has 1 rings (SSSR count). The fourth-order valence-electron chi connectivity index (χ4n) is 1.80. The maximum atomic E-state index is 11.9. The molecule has 0 heterocycles. The fraction of sp³-hybridized carbons (Fsp3) is 0.467. The van der Waals surface area contributed by atoms with Gasteiger partial charge in [0.05, 0.1) is 0 Å². The van der Waals surface area contributed by atoms with Crippen LogP contribution in [0, 0.1) is 5.92 Å². The van der Waals surface area contributed by atoms with Crippen LogP contribution in [0.1, 0.15) is 25.3 Å². The Kier molecular flexibility index (Phi) is 6.56. The molecule has 1 atom stereocenters. The van der Waals surface area contributed by atoms with Gasteiger partial charge in [-0.25, -0.2) is 4.79 Å². The topological polar surface area (TPSA) is 69.6 Å². The van der Waals surface area contributed by atoms with Crippen molar-refractivity contribution < 1.29 is 14.7 Å². The Morgan fingerprint density at radius 3 is 2.55 bits per heavy atom. The lowest BCUT2D eigenvalue weighted by Crippen LogP contribution is -2.38. The first kappa shape index (κ1) is 16.0. The van der Waals surface area contributed by atoms with Crippen LogP contribution in [-0.2, 0) is 11.3 Å². The summed E-state index contributed by atoms with van der Waals surface area (Å²) in [4.78, 5) is 24.0. The lowest BCUT2D eigenvalue weighted by molar-refractivity contribution is -0.137. The van der Waals surface area contributed by atoms with Crippen molar-refractivity contribution in [3.63, 3.8) is 0 Å². The molecule has 0 aliphatic rings. The third-order valence-electron chi connectivity index (χ3n) is 3.06. The van der Waals surface area contributed by atoms with Gasteiger partial charge in [0.2, 0.25) is 0 Å². The Morgan fingerprint density at radius 2 is 1.95 bits per heavy atom. The van der Waals surface area contributed by atoms with Crippen molar-refractivity contribution in [1.29, 1.82) is 0 Å². The maximum Gasteiger partial charge on any atom is 0.317 e. The van der Waals surface area contributed by atoms with E-state index in [2.05, 4.69) is 5.32 Å². The SMILES string of the molecule is CC(CCC(=O)O)CNC(=O)N(C)Cc1ccccc1. The van der Waals surface area contributed by atoms with E-state index in [1.54, 1.807) is 11.9 Å². The van der Waals surface area contributed by atoms with Gasteiger partial charge in [0, 0.05) is 26.6 Å². The van der Waals surface area contributed by atoms with Crippen LogP contribution in [0.2, 0.25) is 0 Å². The van der Waals surface area contributed by atoms with E-state index in [4.69, 9.17) is 5.11 Å². The summed E-state index contributed by atoms with van der Waals surface area (Å²) in [7, 11) is 1.74. The minimum absolute atomic E-state index is 0.136. The Hall–Kier alpha value is -2.04. The number of carboxylic acid groups (broad SMARTS) is 1. The molecule has 0 saturated heterocycles. The first-order chi connectivity index (χ1) is 9.49. The minimum Gasteiger partial charge on any atom is -0.481 e. The molecule has 0 radical (unpaired) electrons. The van der Waals surface area contributed by atoms with Gasteiger partial charge in [-0.1, -0.05) is 37.3 Å². The predicted molar refractivity (Wildman–Crippen MR) is 77.3 cm³/mol. The number of benzene rings is 1. The summed E-state index contributed by atoms with van der Waals surface area (Å²) in [6.07, 6.45) is 0.703. The molecule has 110 valence electrons. The maximum absolute atomic E-state index is 11.9. The quantitative estimate of drug-likeness (QED) is 0.804. The van der Waals surface area contributed by atoms with Gasteiger partial charge in [-0.05, 0) is 17.9 Å². The van der Waals surface area contributed by atoms with Gasteiger partial charge < -0.3 is 15.3 Å². The number of nitrogens with one attached hydrogen (secondary N) is 1. The smallest absolute Gasteiger partial charge is 0.317 e. The van der Waals surface area contributed by atoms with Gasteiger partial charge in [-0.3, -0.25) is 4.79 Å². The van der Waals surface area contributed by atoms with E-state index in [1.165, 1.54) is 0 Å². The molecular formula is C15H22N2O3. The third-order valence-corrected chi connectivity index (χ3v) is 3.06. The zero-order valence-electron chi connectivity index (χ0n) is 12.0. The zero-order valence-corrected chi connectivity index (χ0v) is 12.0. The lowest BCUT2D eigenvalue weighted by atomic mass is 10.1. The summed E-state index contributed by atoms with van der Waals surface area (Å²) >= 11 is 0. The van der Waals surface area contributed by atoms with Gasteiger partial charge in [-0.2, -0.15) is 0 Å². The Bertz CT molecular complexity index is 434. The van der Waals surface area contributed by atoms with Gasteiger partial charge in [0.15, 0.2) is 0 Å². The number of urea groups is 1. The monoisotopic (exact) mass is 278 g/mol. The number of rotatable bonds is 7. The average Bonchev–Trinajstić information content (AvgIpc) is 2.43. The molecule has 1 unspecified atom stereocenters. The van der Waals surface area contributed by atoms with Gasteiger partial charge >= 0.3 is 12.0 Å². The molecule has 0 spiro atoms. The number of amides is 2. The summed E-state index contributed by atoms with van der Waals surface area (Å²) in [5, 5.41) is 11.4. The molecule has 2 amide bonds. The summed E-state index contributed by atoms with van der Waals surface area (Å²) in [6, 6.07) is 9.62. The Balaban J connectivity index is 2.29. The normalized spacial score (nSPS) is 11.7. The summed E-state index contributed by atoms with van der Waals surface area (Å²) in [5.74, 6) is -0.649. The molecule has 0 aromatic heterocycles. The highest BCUT2D eigenvalue weighted by Gasteiger charge is 2.11. The Labute approximate surface area is 119 Å². The summed E-state index contributed by atoms with van der Waals surface area (Å²) in [5.41, 5.74) is 1.07. The highest BCUT2D eigenvalue weighted by atomic mass is 16.4. The van der Waals surface area contributed by atoms with Crippen LogP contribution in [-0.4, -0.2) is 35.6 Å². The summed E-state index contributed by atoms with van der Waals surface area (Å²) < 4.78 is 0. The van der Waals surface area contributed by atoms with Gasteiger partial charge in [0.25, 0.3) is 0 Å². The molecule has 1 aromatic rings. The van der Waals surface area contributed by atoms with E-state index in [-0.39, 0.29) is 18.4 Å². The van der Waals surface area contributed by atoms with Crippen LogP contribution in [0.15, 0.2) is 30.3 Å². The number of nitrogens with zero attached hydrogens (tertiary/aromatic N) is 1. The van der Waals surface area contributed by atoms with Crippen LogP contribution >= 0.6 is 0 Å². The zero-order chi connectivity index (χ0) is 15.0. The van der Waals surface area contributed by atoms with E-state index in [0.29, 0.717) is 19.5 Å². The molecule has 5 heteroatoms. The largest absolute Gasteiger partial charge is 0.481 e. The number of hydrogen-bond donors (Lipinski definition) is 2. The molecule has 5 nitrogen and oxygen atoms in total. The number of carbonyl (C=O) groups excluding carboxylic acids is 1. The van der Waals surface area contributed by atoms with Crippen molar-refractivity contribution >= 4 is 12.0 Å². The number of carboxylic acids is 1. The molecule has 0 bridgehead atoms. The van der Waals surface area contributed by atoms with Crippen LogP contribution < -0.4 is 5.32 Å². The second-order valence-electron chi connectivity index (χ2n) is 5.07. The average molecular weight is 278 g/mol. The van der Waals surface area contributed by atoms with E-state index in [1.807, 2.05) is 37.3 Å². The minimum atomic E-state index is -0.802. The molecule has 1 aromatic carbocycles. The highest BCUT2D eigenvalue weighted by molar-refractivity contribution is 5.73. The second kappa shape index (κ2) is 8.19. The lowest BCUT2D eigenvalue weighted by Gasteiger charge is -2.19.